The number of carbonyl (C=O) groups excluding carboxylic acids is 1. The molecule has 0 bridgehead atoms. The zero-order valence-corrected chi connectivity index (χ0v) is 18.3. The van der Waals surface area contributed by atoms with Crippen LogP contribution in [0.3, 0.4) is 0 Å². The molecule has 0 aliphatic carbocycles. The van der Waals surface area contributed by atoms with Crippen LogP contribution in [-0.2, 0) is 18.0 Å². The van der Waals surface area contributed by atoms with E-state index in [-0.39, 0.29) is 5.69 Å². The summed E-state index contributed by atoms with van der Waals surface area (Å²) in [6, 6.07) is 10.5. The number of carbonyl (C=O) groups is 1. The molecule has 164 valence electrons. The number of methoxy groups -OCH3 is 1. The first-order valence-electron chi connectivity index (χ1n) is 8.99. The van der Waals surface area contributed by atoms with Crippen LogP contribution in [0, 0.1) is 0 Å². The van der Waals surface area contributed by atoms with E-state index in [4.69, 9.17) is 16.3 Å². The fraction of sp³-hybridized carbons (Fsp3) is 0.250. The molecule has 0 spiro atoms. The molecule has 31 heavy (non-hydrogen) atoms. The van der Waals surface area contributed by atoms with E-state index >= 15 is 0 Å². The van der Waals surface area contributed by atoms with E-state index in [0.717, 1.165) is 29.5 Å². The van der Waals surface area contributed by atoms with E-state index in [9.17, 15) is 18.0 Å². The van der Waals surface area contributed by atoms with Crippen LogP contribution in [0.15, 0.2) is 47.6 Å². The minimum absolute atomic E-state index is 0.00171. The second-order valence-electron chi connectivity index (χ2n) is 6.51. The Bertz CT molecular complexity index is 1100. The molecule has 0 aliphatic rings. The minimum Gasteiger partial charge on any atom is -0.496 e. The normalized spacial score (nSPS) is 12.5. The summed E-state index contributed by atoms with van der Waals surface area (Å²) in [5, 5.41) is 10.2. The van der Waals surface area contributed by atoms with E-state index in [1.54, 1.807) is 31.7 Å². The largest absolute Gasteiger partial charge is 0.496 e. The molecule has 0 saturated carbocycles. The SMILES string of the molecule is COc1ccccc1-c1nnc(SC(C)C(=O)Nc2ccc(Cl)c(C(F)(F)F)c2)n1C. The molecule has 1 unspecified atom stereocenters. The Morgan fingerprint density at radius 1 is 1.23 bits per heavy atom. The first kappa shape index (κ1) is 23.0. The van der Waals surface area contributed by atoms with Crippen molar-refractivity contribution in [3.05, 3.63) is 53.1 Å². The second kappa shape index (κ2) is 9.19. The van der Waals surface area contributed by atoms with Gasteiger partial charge in [0.05, 0.1) is 28.5 Å². The van der Waals surface area contributed by atoms with Crippen LogP contribution in [0.25, 0.3) is 11.4 Å². The lowest BCUT2D eigenvalue weighted by Gasteiger charge is -2.14. The molecule has 0 aliphatic heterocycles. The monoisotopic (exact) mass is 470 g/mol. The number of halogens is 4. The van der Waals surface area contributed by atoms with Crippen LogP contribution in [0.2, 0.25) is 5.02 Å². The van der Waals surface area contributed by atoms with Crippen molar-refractivity contribution in [2.45, 2.75) is 23.5 Å². The Balaban J connectivity index is 1.75. The van der Waals surface area contributed by atoms with E-state index in [0.29, 0.717) is 16.7 Å². The number of hydrogen-bond acceptors (Lipinski definition) is 5. The van der Waals surface area contributed by atoms with Crippen LogP contribution >= 0.6 is 23.4 Å². The highest BCUT2D eigenvalue weighted by molar-refractivity contribution is 8.00. The lowest BCUT2D eigenvalue weighted by Crippen LogP contribution is -2.23. The van der Waals surface area contributed by atoms with Gasteiger partial charge in [0.25, 0.3) is 0 Å². The summed E-state index contributed by atoms with van der Waals surface area (Å²) in [4.78, 5) is 12.5. The van der Waals surface area contributed by atoms with Gasteiger partial charge in [-0.2, -0.15) is 13.2 Å². The molecule has 0 fully saturated rings. The van der Waals surface area contributed by atoms with Crippen molar-refractivity contribution in [3.63, 3.8) is 0 Å². The number of thioether (sulfide) groups is 1. The molecule has 6 nitrogen and oxygen atoms in total. The van der Waals surface area contributed by atoms with Crippen LogP contribution in [-0.4, -0.2) is 33.0 Å². The van der Waals surface area contributed by atoms with Gasteiger partial charge in [-0.25, -0.2) is 0 Å². The van der Waals surface area contributed by atoms with Crippen LogP contribution < -0.4 is 10.1 Å². The molecule has 11 heteroatoms. The predicted molar refractivity (Wildman–Crippen MR) is 113 cm³/mol. The fourth-order valence-electron chi connectivity index (χ4n) is 2.76. The van der Waals surface area contributed by atoms with Gasteiger partial charge in [-0.1, -0.05) is 35.5 Å². The van der Waals surface area contributed by atoms with Crippen LogP contribution in [0.5, 0.6) is 5.75 Å². The molecule has 2 aromatic carbocycles. The van der Waals surface area contributed by atoms with Gasteiger partial charge in [-0.15, -0.1) is 10.2 Å². The number of anilines is 1. The van der Waals surface area contributed by atoms with Gasteiger partial charge in [-0.3, -0.25) is 4.79 Å². The molecule has 3 aromatic rings. The number of aromatic nitrogens is 3. The van der Waals surface area contributed by atoms with E-state index in [1.807, 2.05) is 18.2 Å². The number of nitrogens with one attached hydrogen (secondary N) is 1. The van der Waals surface area contributed by atoms with E-state index in [1.165, 1.54) is 6.07 Å². The van der Waals surface area contributed by atoms with Crippen molar-refractivity contribution in [3.8, 4) is 17.1 Å². The number of hydrogen-bond donors (Lipinski definition) is 1. The molecular formula is C20H18ClF3N4O2S. The zero-order chi connectivity index (χ0) is 22.8. The first-order chi connectivity index (χ1) is 14.6. The highest BCUT2D eigenvalue weighted by Gasteiger charge is 2.33. The number of nitrogens with zero attached hydrogens (tertiary/aromatic N) is 3. The summed E-state index contributed by atoms with van der Waals surface area (Å²) >= 11 is 6.74. The third-order valence-corrected chi connectivity index (χ3v) is 5.84. The number of rotatable bonds is 6. The summed E-state index contributed by atoms with van der Waals surface area (Å²) < 4.78 is 46.1. The Morgan fingerprint density at radius 3 is 2.61 bits per heavy atom. The van der Waals surface area contributed by atoms with Gasteiger partial charge >= 0.3 is 6.18 Å². The summed E-state index contributed by atoms with van der Waals surface area (Å²) in [5.41, 5.74) is -0.270. The molecule has 0 radical (unpaired) electrons. The van der Waals surface area contributed by atoms with Crippen molar-refractivity contribution in [2.24, 2.45) is 7.05 Å². The van der Waals surface area contributed by atoms with Crippen molar-refractivity contribution < 1.29 is 22.7 Å². The maximum absolute atomic E-state index is 13.0. The molecule has 1 heterocycles. The van der Waals surface area contributed by atoms with Gasteiger partial charge in [0.15, 0.2) is 11.0 Å². The molecule has 1 amide bonds. The summed E-state index contributed by atoms with van der Waals surface area (Å²) in [6.45, 7) is 1.62. The maximum atomic E-state index is 13.0. The Morgan fingerprint density at radius 2 is 1.94 bits per heavy atom. The number of alkyl halides is 3. The van der Waals surface area contributed by atoms with Gasteiger partial charge in [0, 0.05) is 12.7 Å². The van der Waals surface area contributed by atoms with Crippen molar-refractivity contribution >= 4 is 35.0 Å². The topological polar surface area (TPSA) is 69.0 Å². The number of benzene rings is 2. The van der Waals surface area contributed by atoms with Gasteiger partial charge in [0.1, 0.15) is 5.75 Å². The summed E-state index contributed by atoms with van der Waals surface area (Å²) in [5.74, 6) is 0.700. The molecule has 1 aromatic heterocycles. The second-order valence-corrected chi connectivity index (χ2v) is 8.22. The quantitative estimate of drug-likeness (QED) is 0.496. The highest BCUT2D eigenvalue weighted by atomic mass is 35.5. The van der Waals surface area contributed by atoms with E-state index in [2.05, 4.69) is 15.5 Å². The molecular weight excluding hydrogens is 453 g/mol. The fourth-order valence-corrected chi connectivity index (χ4v) is 3.80. The van der Waals surface area contributed by atoms with Crippen LogP contribution in [0.4, 0.5) is 18.9 Å². The average molecular weight is 471 g/mol. The Labute approximate surface area is 185 Å². The smallest absolute Gasteiger partial charge is 0.417 e. The van der Waals surface area contributed by atoms with Gasteiger partial charge in [0.2, 0.25) is 5.91 Å². The Hall–Kier alpha value is -2.72. The average Bonchev–Trinajstić information content (AvgIpc) is 3.08. The number of amides is 1. The van der Waals surface area contributed by atoms with Crippen LogP contribution in [0.1, 0.15) is 12.5 Å². The summed E-state index contributed by atoms with van der Waals surface area (Å²) in [7, 11) is 3.31. The zero-order valence-electron chi connectivity index (χ0n) is 16.7. The highest BCUT2D eigenvalue weighted by Crippen LogP contribution is 2.36. The first-order valence-corrected chi connectivity index (χ1v) is 10.2. The lowest BCUT2D eigenvalue weighted by atomic mass is 10.2. The van der Waals surface area contributed by atoms with Crippen molar-refractivity contribution in [1.82, 2.24) is 14.8 Å². The summed E-state index contributed by atoms with van der Waals surface area (Å²) in [6.07, 6.45) is -4.62. The predicted octanol–water partition coefficient (Wildman–Crippen LogP) is 5.28. The molecule has 1 N–H and O–H groups in total. The molecule has 1 atom stereocenters. The Kier molecular flexibility index (Phi) is 6.80. The van der Waals surface area contributed by atoms with Gasteiger partial charge < -0.3 is 14.6 Å². The molecule has 0 saturated heterocycles. The standard InChI is InChI=1S/C20H18ClF3N4O2S/c1-11(18(29)25-12-8-9-15(21)14(10-12)20(22,23)24)31-19-27-26-17(28(19)2)13-6-4-5-7-16(13)30-3/h4-11H,1-3H3,(H,25,29). The maximum Gasteiger partial charge on any atom is 0.417 e. The number of para-hydroxylation sites is 1. The number of ether oxygens (including phenoxy) is 1. The van der Waals surface area contributed by atoms with Crippen molar-refractivity contribution in [2.75, 3.05) is 12.4 Å². The van der Waals surface area contributed by atoms with Gasteiger partial charge in [-0.05, 0) is 37.3 Å². The van der Waals surface area contributed by atoms with E-state index < -0.39 is 27.9 Å². The lowest BCUT2D eigenvalue weighted by molar-refractivity contribution is -0.137. The third kappa shape index (κ3) is 5.13. The van der Waals surface area contributed by atoms with Crippen molar-refractivity contribution in [1.29, 1.82) is 0 Å². The third-order valence-electron chi connectivity index (χ3n) is 4.37. The molecule has 3 rings (SSSR count). The minimum atomic E-state index is -4.62.